The number of carbonyl (C=O) groups excluding carboxylic acids is 2. The van der Waals surface area contributed by atoms with Crippen molar-refractivity contribution in [3.05, 3.63) is 101 Å². The minimum atomic E-state index is -1.13. The summed E-state index contributed by atoms with van der Waals surface area (Å²) in [4.78, 5) is 41.3. The number of carboxylic acids is 1. The molecule has 1 amide bonds. The van der Waals surface area contributed by atoms with Crippen molar-refractivity contribution in [2.75, 3.05) is 19.8 Å². The summed E-state index contributed by atoms with van der Waals surface area (Å²) in [6, 6.07) is 22.1. The number of rotatable bonds is 11. The highest BCUT2D eigenvalue weighted by Crippen LogP contribution is 2.44. The SMILES string of the molecule is CC(=NC(Cc1ccc(OCCNC(=O)OCC2c3ccccc3-c3ccccc32)cc1)C(=O)O)C1=C(O)CC(C)(C)CC1=O. The van der Waals surface area contributed by atoms with Crippen LogP contribution in [0.3, 0.4) is 0 Å². The van der Waals surface area contributed by atoms with E-state index in [0.717, 1.165) is 16.7 Å². The second kappa shape index (κ2) is 13.4. The fourth-order valence-corrected chi connectivity index (χ4v) is 6.10. The van der Waals surface area contributed by atoms with Gasteiger partial charge in [-0.2, -0.15) is 0 Å². The van der Waals surface area contributed by atoms with Crippen LogP contribution in [-0.2, 0) is 20.7 Å². The van der Waals surface area contributed by atoms with Crippen LogP contribution in [0.5, 0.6) is 5.75 Å². The van der Waals surface area contributed by atoms with Crippen LogP contribution in [0.1, 0.15) is 56.2 Å². The lowest BCUT2D eigenvalue weighted by Gasteiger charge is -2.29. The fraction of sp³-hybridized carbons (Fsp3) is 0.333. The molecule has 234 valence electrons. The van der Waals surface area contributed by atoms with E-state index < -0.39 is 18.1 Å². The number of alkyl carbamates (subject to hydrolysis) is 1. The molecule has 9 heteroatoms. The number of aliphatic carboxylic acids is 1. The van der Waals surface area contributed by atoms with Crippen molar-refractivity contribution in [3.63, 3.8) is 0 Å². The van der Waals surface area contributed by atoms with Crippen LogP contribution >= 0.6 is 0 Å². The Morgan fingerprint density at radius 3 is 2.20 bits per heavy atom. The van der Waals surface area contributed by atoms with Gasteiger partial charge in [-0.3, -0.25) is 9.79 Å². The van der Waals surface area contributed by atoms with Crippen molar-refractivity contribution in [1.29, 1.82) is 0 Å². The molecule has 0 aliphatic heterocycles. The molecule has 0 radical (unpaired) electrons. The molecule has 0 heterocycles. The molecule has 9 nitrogen and oxygen atoms in total. The van der Waals surface area contributed by atoms with Crippen LogP contribution in [0.2, 0.25) is 0 Å². The molecule has 3 N–H and O–H groups in total. The van der Waals surface area contributed by atoms with Gasteiger partial charge in [0, 0.05) is 30.9 Å². The molecule has 45 heavy (non-hydrogen) atoms. The van der Waals surface area contributed by atoms with E-state index in [0.29, 0.717) is 12.2 Å². The number of nitrogens with zero attached hydrogens (tertiary/aromatic N) is 1. The van der Waals surface area contributed by atoms with Gasteiger partial charge in [0.1, 0.15) is 24.7 Å². The first kappa shape index (κ1) is 31.5. The number of hydrogen-bond donors (Lipinski definition) is 3. The first-order valence-corrected chi connectivity index (χ1v) is 15.1. The standard InChI is InChI=1S/C36H38N2O7/c1-22(33-31(39)19-36(2,3)20-32(33)40)38-30(34(41)42)18-23-12-14-24(15-13-23)44-17-16-37-35(43)45-21-29-27-10-6-4-8-25(27)26-9-5-7-11-28(26)29/h4-15,29-30,39H,16-21H2,1-3H3,(H,37,43)(H,41,42). The number of aliphatic hydroxyl groups is 1. The van der Waals surface area contributed by atoms with Gasteiger partial charge in [0.15, 0.2) is 11.8 Å². The Morgan fingerprint density at radius 1 is 0.978 bits per heavy atom. The van der Waals surface area contributed by atoms with Gasteiger partial charge < -0.3 is 25.0 Å². The van der Waals surface area contributed by atoms with E-state index in [-0.39, 0.29) is 66.8 Å². The maximum atomic E-state index is 12.6. The van der Waals surface area contributed by atoms with Crippen LogP contribution in [0.15, 0.2) is 89.1 Å². The lowest BCUT2D eigenvalue weighted by Crippen LogP contribution is -2.30. The highest BCUT2D eigenvalue weighted by Gasteiger charge is 2.34. The molecule has 0 bridgehead atoms. The van der Waals surface area contributed by atoms with Gasteiger partial charge in [0.25, 0.3) is 0 Å². The Hall–Kier alpha value is -4.92. The third kappa shape index (κ3) is 7.42. The van der Waals surface area contributed by atoms with Gasteiger partial charge >= 0.3 is 12.1 Å². The average Bonchev–Trinajstić information content (AvgIpc) is 3.31. The molecule has 5 rings (SSSR count). The van der Waals surface area contributed by atoms with Crippen LogP contribution in [-0.4, -0.2) is 59.6 Å². The second-order valence-electron chi connectivity index (χ2n) is 12.3. The quantitative estimate of drug-likeness (QED) is 0.172. The molecule has 2 aliphatic rings. The van der Waals surface area contributed by atoms with Crippen molar-refractivity contribution in [1.82, 2.24) is 5.32 Å². The summed E-state index contributed by atoms with van der Waals surface area (Å²) in [7, 11) is 0. The number of nitrogens with one attached hydrogen (secondary N) is 1. The summed E-state index contributed by atoms with van der Waals surface area (Å²) in [6.45, 7) is 6.06. The van der Waals surface area contributed by atoms with Crippen LogP contribution < -0.4 is 10.1 Å². The van der Waals surface area contributed by atoms with Gasteiger partial charge in [0.05, 0.1) is 12.1 Å². The number of carboxylic acid groups (broad SMARTS) is 1. The van der Waals surface area contributed by atoms with Crippen LogP contribution in [0.4, 0.5) is 4.79 Å². The summed E-state index contributed by atoms with van der Waals surface area (Å²) >= 11 is 0. The van der Waals surface area contributed by atoms with Crippen molar-refractivity contribution >= 4 is 23.6 Å². The molecular formula is C36H38N2O7. The van der Waals surface area contributed by atoms with E-state index in [1.807, 2.05) is 38.1 Å². The van der Waals surface area contributed by atoms with Crippen molar-refractivity contribution < 1.29 is 34.1 Å². The Kier molecular flexibility index (Phi) is 9.37. The Morgan fingerprint density at radius 2 is 1.60 bits per heavy atom. The maximum Gasteiger partial charge on any atom is 0.407 e. The molecule has 1 unspecified atom stereocenters. The molecule has 3 aromatic carbocycles. The number of ether oxygens (including phenoxy) is 2. The van der Waals surface area contributed by atoms with Gasteiger partial charge in [-0.05, 0) is 52.3 Å². The lowest BCUT2D eigenvalue weighted by molar-refractivity contribution is -0.138. The Balaban J connectivity index is 1.09. The molecule has 2 aliphatic carbocycles. The third-order valence-corrected chi connectivity index (χ3v) is 8.19. The largest absolute Gasteiger partial charge is 0.511 e. The first-order valence-electron chi connectivity index (χ1n) is 15.1. The first-order chi connectivity index (χ1) is 21.5. The predicted octanol–water partition coefficient (Wildman–Crippen LogP) is 6.26. The minimum Gasteiger partial charge on any atom is -0.511 e. The van der Waals surface area contributed by atoms with Crippen molar-refractivity contribution in [2.45, 2.75) is 52.0 Å². The molecule has 0 aromatic heterocycles. The molecule has 0 fully saturated rings. The van der Waals surface area contributed by atoms with Crippen LogP contribution in [0, 0.1) is 5.41 Å². The molecule has 0 saturated carbocycles. The zero-order chi connectivity index (χ0) is 32.1. The molecule has 0 spiro atoms. The third-order valence-electron chi connectivity index (χ3n) is 8.19. The van der Waals surface area contributed by atoms with E-state index >= 15 is 0 Å². The number of ketones is 1. The van der Waals surface area contributed by atoms with Crippen LogP contribution in [0.25, 0.3) is 11.1 Å². The Bertz CT molecular complexity index is 1610. The summed E-state index contributed by atoms with van der Waals surface area (Å²) in [5.74, 6) is -0.859. The second-order valence-corrected chi connectivity index (χ2v) is 12.3. The Labute approximate surface area is 262 Å². The topological polar surface area (TPSA) is 135 Å². The molecule has 1 atom stereocenters. The smallest absolute Gasteiger partial charge is 0.407 e. The normalized spacial score (nSPS) is 16.5. The number of aliphatic hydroxyl groups excluding tert-OH is 1. The number of benzene rings is 3. The molecule has 3 aromatic rings. The van der Waals surface area contributed by atoms with Crippen molar-refractivity contribution in [3.8, 4) is 16.9 Å². The predicted molar refractivity (Wildman–Crippen MR) is 171 cm³/mol. The van der Waals surface area contributed by atoms with E-state index in [4.69, 9.17) is 9.47 Å². The van der Waals surface area contributed by atoms with E-state index in [2.05, 4.69) is 34.6 Å². The number of fused-ring (bicyclic) bond motifs is 3. The summed E-state index contributed by atoms with van der Waals surface area (Å²) in [5, 5.41) is 23.0. The number of aliphatic imine (C=N–C) groups is 1. The van der Waals surface area contributed by atoms with Crippen molar-refractivity contribution in [2.24, 2.45) is 10.4 Å². The van der Waals surface area contributed by atoms with E-state index in [1.165, 1.54) is 11.1 Å². The van der Waals surface area contributed by atoms with Gasteiger partial charge in [-0.1, -0.05) is 74.5 Å². The number of amides is 1. The number of Topliss-reactive ketones (excluding diaryl/α,β-unsaturated/α-hetero) is 1. The maximum absolute atomic E-state index is 12.6. The van der Waals surface area contributed by atoms with E-state index in [9.17, 15) is 24.6 Å². The number of allylic oxidation sites excluding steroid dienone is 2. The monoisotopic (exact) mass is 610 g/mol. The summed E-state index contributed by atoms with van der Waals surface area (Å²) in [6.07, 6.45) is 0.180. The summed E-state index contributed by atoms with van der Waals surface area (Å²) < 4.78 is 11.3. The zero-order valence-corrected chi connectivity index (χ0v) is 25.7. The highest BCUT2D eigenvalue weighted by atomic mass is 16.5. The molecular weight excluding hydrogens is 572 g/mol. The zero-order valence-electron chi connectivity index (χ0n) is 25.7. The van der Waals surface area contributed by atoms with Gasteiger partial charge in [-0.15, -0.1) is 0 Å². The van der Waals surface area contributed by atoms with Gasteiger partial charge in [-0.25, -0.2) is 9.59 Å². The highest BCUT2D eigenvalue weighted by molar-refractivity contribution is 6.22. The summed E-state index contributed by atoms with van der Waals surface area (Å²) in [5.41, 5.74) is 5.35. The fourth-order valence-electron chi connectivity index (χ4n) is 6.10. The number of carbonyl (C=O) groups is 3. The minimum absolute atomic E-state index is 0.0142. The molecule has 0 saturated heterocycles. The van der Waals surface area contributed by atoms with Gasteiger partial charge in [0.2, 0.25) is 0 Å². The average molecular weight is 611 g/mol. The number of hydrogen-bond acceptors (Lipinski definition) is 7. The van der Waals surface area contributed by atoms with E-state index in [1.54, 1.807) is 31.2 Å². The lowest BCUT2D eigenvalue weighted by atomic mass is 9.75.